The van der Waals surface area contributed by atoms with Gasteiger partial charge in [-0.2, -0.15) is 4.31 Å². The van der Waals surface area contributed by atoms with Crippen molar-refractivity contribution >= 4 is 21.6 Å². The van der Waals surface area contributed by atoms with Crippen LogP contribution >= 0.6 is 11.6 Å². The van der Waals surface area contributed by atoms with Gasteiger partial charge < -0.3 is 4.74 Å². The van der Waals surface area contributed by atoms with Gasteiger partial charge in [-0.1, -0.05) is 11.6 Å². The highest BCUT2D eigenvalue weighted by Gasteiger charge is 2.70. The van der Waals surface area contributed by atoms with Crippen molar-refractivity contribution in [2.24, 2.45) is 5.41 Å². The quantitative estimate of drug-likeness (QED) is 0.840. The Morgan fingerprint density at radius 2 is 1.86 bits per heavy atom. The summed E-state index contributed by atoms with van der Waals surface area (Å²) >= 11 is 5.96. The molecule has 0 radical (unpaired) electrons. The van der Waals surface area contributed by atoms with Gasteiger partial charge in [-0.25, -0.2) is 17.2 Å². The second-order valence-corrected chi connectivity index (χ2v) is 8.21. The first-order valence-electron chi connectivity index (χ1n) is 6.93. The number of benzene rings is 1. The van der Waals surface area contributed by atoms with Crippen LogP contribution in [0.25, 0.3) is 0 Å². The zero-order valence-electron chi connectivity index (χ0n) is 12.0. The van der Waals surface area contributed by atoms with Gasteiger partial charge in [0.2, 0.25) is 10.0 Å². The first-order valence-corrected chi connectivity index (χ1v) is 8.75. The smallest absolute Gasteiger partial charge is 0.254 e. The van der Waals surface area contributed by atoms with Gasteiger partial charge in [0.15, 0.2) is 0 Å². The molecule has 3 rings (SSSR count). The molecule has 1 aromatic carbocycles. The van der Waals surface area contributed by atoms with E-state index in [9.17, 15) is 17.2 Å². The van der Waals surface area contributed by atoms with Crippen molar-refractivity contribution in [2.45, 2.75) is 30.1 Å². The number of nitrogens with zero attached hydrogens (tertiary/aromatic N) is 1. The van der Waals surface area contributed by atoms with Crippen molar-refractivity contribution in [3.8, 4) is 5.75 Å². The Morgan fingerprint density at radius 1 is 1.27 bits per heavy atom. The maximum atomic E-state index is 13.4. The van der Waals surface area contributed by atoms with Crippen LogP contribution in [0.3, 0.4) is 0 Å². The minimum atomic E-state index is -3.72. The molecule has 22 heavy (non-hydrogen) atoms. The van der Waals surface area contributed by atoms with Gasteiger partial charge in [0, 0.05) is 24.9 Å². The van der Waals surface area contributed by atoms with Gasteiger partial charge in [0.05, 0.1) is 17.0 Å². The van der Waals surface area contributed by atoms with Crippen LogP contribution in [0.2, 0.25) is 5.02 Å². The van der Waals surface area contributed by atoms with E-state index in [0.29, 0.717) is 5.75 Å². The Bertz CT molecular complexity index is 700. The van der Waals surface area contributed by atoms with E-state index in [0.717, 1.165) is 0 Å². The third-order valence-electron chi connectivity index (χ3n) is 4.65. The zero-order valence-corrected chi connectivity index (χ0v) is 13.6. The number of alkyl halides is 2. The van der Waals surface area contributed by atoms with E-state index in [1.165, 1.54) is 29.6 Å². The molecule has 1 heterocycles. The Balaban J connectivity index is 1.78. The lowest BCUT2D eigenvalue weighted by Crippen LogP contribution is -2.40. The second kappa shape index (κ2) is 5.04. The Morgan fingerprint density at radius 3 is 2.32 bits per heavy atom. The standard InChI is InChI=1S/C14H16ClF2NO3S/c1-21-12-3-2-10(8-11(12)15)22(19,20)18-6-4-13(5-7-18)9-14(13,16)17/h2-3,8H,4-7,9H2,1H3. The van der Waals surface area contributed by atoms with E-state index in [4.69, 9.17) is 16.3 Å². The third-order valence-corrected chi connectivity index (χ3v) is 6.84. The predicted molar refractivity (Wildman–Crippen MR) is 78.0 cm³/mol. The molecule has 1 aliphatic heterocycles. The number of ether oxygens (including phenoxy) is 1. The second-order valence-electron chi connectivity index (χ2n) is 5.86. The topological polar surface area (TPSA) is 46.6 Å². The lowest BCUT2D eigenvalue weighted by molar-refractivity contribution is 0.0426. The molecule has 8 heteroatoms. The van der Waals surface area contributed by atoms with Crippen molar-refractivity contribution in [1.29, 1.82) is 0 Å². The predicted octanol–water partition coefficient (Wildman–Crippen LogP) is 3.16. The van der Waals surface area contributed by atoms with Gasteiger partial charge in [0.1, 0.15) is 5.75 Å². The van der Waals surface area contributed by atoms with Crippen LogP contribution in [0.1, 0.15) is 19.3 Å². The summed E-state index contributed by atoms with van der Waals surface area (Å²) < 4.78 is 58.1. The molecule has 0 unspecified atom stereocenters. The fourth-order valence-corrected chi connectivity index (χ4v) is 4.83. The Kier molecular flexibility index (Phi) is 3.66. The zero-order chi connectivity index (χ0) is 16.2. The minimum Gasteiger partial charge on any atom is -0.495 e. The summed E-state index contributed by atoms with van der Waals surface area (Å²) in [6, 6.07) is 4.22. The molecule has 1 spiro atoms. The lowest BCUT2D eigenvalue weighted by Gasteiger charge is -2.31. The van der Waals surface area contributed by atoms with E-state index in [2.05, 4.69) is 0 Å². The van der Waals surface area contributed by atoms with Gasteiger partial charge in [-0.3, -0.25) is 0 Å². The van der Waals surface area contributed by atoms with E-state index >= 15 is 0 Å². The van der Waals surface area contributed by atoms with E-state index in [-0.39, 0.29) is 42.3 Å². The number of hydrogen-bond acceptors (Lipinski definition) is 3. The lowest BCUT2D eigenvalue weighted by atomic mass is 9.94. The van der Waals surface area contributed by atoms with Crippen LogP contribution in [0.15, 0.2) is 23.1 Å². The number of rotatable bonds is 3. The molecule has 122 valence electrons. The molecule has 1 saturated heterocycles. The molecule has 1 saturated carbocycles. The molecule has 2 fully saturated rings. The normalized spacial score (nSPS) is 23.5. The molecular weight excluding hydrogens is 336 g/mol. The molecule has 1 aliphatic carbocycles. The highest BCUT2D eigenvalue weighted by atomic mass is 35.5. The largest absolute Gasteiger partial charge is 0.495 e. The van der Waals surface area contributed by atoms with Crippen LogP contribution in [-0.2, 0) is 10.0 Å². The fraction of sp³-hybridized carbons (Fsp3) is 0.571. The highest BCUT2D eigenvalue weighted by Crippen LogP contribution is 2.66. The summed E-state index contributed by atoms with van der Waals surface area (Å²) in [5.74, 6) is -2.25. The van der Waals surface area contributed by atoms with Crippen molar-refractivity contribution in [2.75, 3.05) is 20.2 Å². The first kappa shape index (κ1) is 16.0. The molecular formula is C14H16ClF2NO3S. The Hall–Kier alpha value is -0.920. The van der Waals surface area contributed by atoms with Crippen LogP contribution in [0.4, 0.5) is 8.78 Å². The number of piperidine rings is 1. The van der Waals surface area contributed by atoms with Gasteiger partial charge in [-0.15, -0.1) is 0 Å². The molecule has 4 nitrogen and oxygen atoms in total. The van der Waals surface area contributed by atoms with Gasteiger partial charge in [-0.05, 0) is 31.0 Å². The van der Waals surface area contributed by atoms with Gasteiger partial charge >= 0.3 is 0 Å². The van der Waals surface area contributed by atoms with E-state index < -0.39 is 21.4 Å². The fourth-order valence-electron chi connectivity index (χ4n) is 3.03. The average molecular weight is 352 g/mol. The Labute approximate surface area is 133 Å². The molecule has 0 N–H and O–H groups in total. The molecule has 0 amide bonds. The monoisotopic (exact) mass is 351 g/mol. The summed E-state index contributed by atoms with van der Waals surface area (Å²) in [7, 11) is -2.28. The minimum absolute atomic E-state index is 0.0526. The van der Waals surface area contributed by atoms with E-state index in [1.54, 1.807) is 0 Å². The molecule has 0 bridgehead atoms. The molecule has 2 aliphatic rings. The number of halogens is 3. The van der Waals surface area contributed by atoms with Crippen molar-refractivity contribution < 1.29 is 21.9 Å². The van der Waals surface area contributed by atoms with E-state index in [1.807, 2.05) is 0 Å². The van der Waals surface area contributed by atoms with Crippen molar-refractivity contribution in [3.05, 3.63) is 23.2 Å². The number of methoxy groups -OCH3 is 1. The van der Waals surface area contributed by atoms with Crippen LogP contribution in [-0.4, -0.2) is 38.8 Å². The van der Waals surface area contributed by atoms with Crippen molar-refractivity contribution in [1.82, 2.24) is 4.31 Å². The number of sulfonamides is 1. The first-order chi connectivity index (χ1) is 10.2. The number of hydrogen-bond donors (Lipinski definition) is 0. The summed E-state index contributed by atoms with van der Waals surface area (Å²) in [5, 5.41) is 0.200. The molecule has 1 aromatic rings. The highest BCUT2D eigenvalue weighted by molar-refractivity contribution is 7.89. The summed E-state index contributed by atoms with van der Waals surface area (Å²) in [5.41, 5.74) is -0.976. The SMILES string of the molecule is COc1ccc(S(=O)(=O)N2CCC3(CC2)CC3(F)F)cc1Cl. The maximum absolute atomic E-state index is 13.4. The maximum Gasteiger partial charge on any atom is 0.254 e. The summed E-state index contributed by atoms with van der Waals surface area (Å²) in [6.45, 7) is 0.225. The summed E-state index contributed by atoms with van der Waals surface area (Å²) in [6.07, 6.45) is 0.272. The third kappa shape index (κ3) is 2.39. The van der Waals surface area contributed by atoms with Crippen LogP contribution in [0, 0.1) is 5.41 Å². The molecule has 0 atom stereocenters. The summed E-state index contributed by atoms with van der Waals surface area (Å²) in [4.78, 5) is 0.0526. The van der Waals surface area contributed by atoms with Gasteiger partial charge in [0.25, 0.3) is 5.92 Å². The molecule has 0 aromatic heterocycles. The van der Waals surface area contributed by atoms with Crippen molar-refractivity contribution in [3.63, 3.8) is 0 Å². The van der Waals surface area contributed by atoms with Crippen LogP contribution in [0.5, 0.6) is 5.75 Å². The van der Waals surface area contributed by atoms with Crippen LogP contribution < -0.4 is 4.74 Å². The average Bonchev–Trinajstić information content (AvgIpc) is 2.99.